The van der Waals surface area contributed by atoms with Crippen molar-refractivity contribution in [2.75, 3.05) is 38.5 Å². The van der Waals surface area contributed by atoms with Crippen LogP contribution < -0.4 is 5.32 Å². The Kier molecular flexibility index (Phi) is 7.09. The lowest BCUT2D eigenvalue weighted by Gasteiger charge is -2.32. The predicted octanol–water partition coefficient (Wildman–Crippen LogP) is 5.37. The van der Waals surface area contributed by atoms with E-state index in [1.54, 1.807) is 18.3 Å². The average molecular weight is 632 g/mol. The number of halogens is 2. The van der Waals surface area contributed by atoms with Gasteiger partial charge in [0.05, 0.1) is 18.0 Å². The van der Waals surface area contributed by atoms with Crippen molar-refractivity contribution in [3.63, 3.8) is 0 Å². The highest BCUT2D eigenvalue weighted by Crippen LogP contribution is 2.33. The van der Waals surface area contributed by atoms with Gasteiger partial charge in [-0.25, -0.2) is 14.4 Å². The van der Waals surface area contributed by atoms with Gasteiger partial charge in [-0.15, -0.1) is 0 Å². The van der Waals surface area contributed by atoms with E-state index in [0.717, 1.165) is 69.1 Å². The number of nitrogens with zero attached hydrogens (tertiary/aromatic N) is 5. The zero-order valence-electron chi connectivity index (χ0n) is 21.4. The molecule has 1 saturated heterocycles. The van der Waals surface area contributed by atoms with Crippen LogP contribution in [0, 0.1) is 9.39 Å². The van der Waals surface area contributed by atoms with Crippen LogP contribution in [0.3, 0.4) is 0 Å². The predicted molar refractivity (Wildman–Crippen MR) is 159 cm³/mol. The van der Waals surface area contributed by atoms with E-state index in [4.69, 9.17) is 9.98 Å². The Balaban J connectivity index is 1.26. The lowest BCUT2D eigenvalue weighted by molar-refractivity contribution is 0.0664. The number of hydrogen-bond acceptors (Lipinski definition) is 6. The maximum Gasteiger partial charge on any atom is 0.253 e. The number of benzene rings is 3. The molecule has 0 bridgehead atoms. The Labute approximate surface area is 240 Å². The number of hydrogen-bond donors (Lipinski definition) is 1. The van der Waals surface area contributed by atoms with Gasteiger partial charge in [0.25, 0.3) is 5.91 Å². The quantitative estimate of drug-likeness (QED) is 0.307. The molecule has 196 valence electrons. The fourth-order valence-electron chi connectivity index (χ4n) is 4.86. The lowest BCUT2D eigenvalue weighted by Crippen LogP contribution is -2.47. The Morgan fingerprint density at radius 2 is 1.69 bits per heavy atom. The van der Waals surface area contributed by atoms with Gasteiger partial charge in [-0.3, -0.25) is 9.79 Å². The molecule has 0 unspecified atom stereocenters. The summed E-state index contributed by atoms with van der Waals surface area (Å²) >= 11 is 2.29. The highest BCUT2D eigenvalue weighted by Gasteiger charge is 2.22. The van der Waals surface area contributed by atoms with E-state index < -0.39 is 0 Å². The number of anilines is 2. The van der Waals surface area contributed by atoms with Crippen molar-refractivity contribution in [2.45, 2.75) is 6.54 Å². The minimum absolute atomic E-state index is 0.0547. The number of rotatable bonds is 4. The van der Waals surface area contributed by atoms with Gasteiger partial charge in [0.15, 0.2) is 0 Å². The number of carbonyl (C=O) groups excluding carboxylic acids is 1. The normalized spacial score (nSPS) is 15.2. The first-order valence-electron chi connectivity index (χ1n) is 12.8. The van der Waals surface area contributed by atoms with Crippen LogP contribution in [0.4, 0.5) is 16.0 Å². The molecule has 0 spiro atoms. The number of fused-ring (bicyclic) bond motifs is 3. The molecule has 39 heavy (non-hydrogen) atoms. The number of nitrogens with one attached hydrogen (secondary N) is 1. The molecule has 3 aromatic carbocycles. The Morgan fingerprint density at radius 3 is 2.44 bits per heavy atom. The Bertz CT molecular complexity index is 1560. The molecule has 2 aliphatic rings. The number of aliphatic imine (C=N–C) groups is 1. The summed E-state index contributed by atoms with van der Waals surface area (Å²) in [6.45, 7) is 3.67. The van der Waals surface area contributed by atoms with Gasteiger partial charge in [0.2, 0.25) is 5.95 Å². The molecule has 6 rings (SSSR count). The third-order valence-corrected chi connectivity index (χ3v) is 7.73. The van der Waals surface area contributed by atoms with Crippen LogP contribution >= 0.6 is 22.6 Å². The first-order chi connectivity index (χ1) is 18.9. The zero-order chi connectivity index (χ0) is 26.9. The molecule has 1 amide bonds. The van der Waals surface area contributed by atoms with Crippen LogP contribution in [0.2, 0.25) is 0 Å². The van der Waals surface area contributed by atoms with Crippen molar-refractivity contribution in [3.8, 4) is 11.3 Å². The Morgan fingerprint density at radius 1 is 0.949 bits per heavy atom. The minimum Gasteiger partial charge on any atom is -0.336 e. The molecule has 0 atom stereocenters. The topological polar surface area (TPSA) is 73.7 Å². The van der Waals surface area contributed by atoms with Gasteiger partial charge >= 0.3 is 0 Å². The van der Waals surface area contributed by atoms with Gasteiger partial charge in [-0.1, -0.05) is 6.07 Å². The van der Waals surface area contributed by atoms with Gasteiger partial charge in [0, 0.05) is 69.5 Å². The van der Waals surface area contributed by atoms with Crippen molar-refractivity contribution < 1.29 is 9.18 Å². The first kappa shape index (κ1) is 25.6. The summed E-state index contributed by atoms with van der Waals surface area (Å²) in [6.07, 6.45) is 1.80. The standard InChI is InChI=1S/C30H26FIN6O/c1-37-12-14-38(15-13-37)29(39)20-4-9-24(10-5-20)35-30-34-18-21-17-33-27(19-2-6-22(31)7-3-19)26-16-23(32)8-11-25(26)28(21)36-30/h2-11,16,18H,12-15,17H2,1H3,(H,34,35,36). The summed E-state index contributed by atoms with van der Waals surface area (Å²) < 4.78 is 14.7. The molecule has 0 saturated carbocycles. The Hall–Kier alpha value is -3.70. The van der Waals surface area contributed by atoms with Gasteiger partial charge in [-0.05, 0) is 90.3 Å². The fraction of sp³-hybridized carbons (Fsp3) is 0.200. The molecular weight excluding hydrogens is 606 g/mol. The van der Waals surface area contributed by atoms with Crippen molar-refractivity contribution in [2.24, 2.45) is 4.99 Å². The molecule has 1 aromatic heterocycles. The maximum absolute atomic E-state index is 13.6. The summed E-state index contributed by atoms with van der Waals surface area (Å²) in [5.41, 5.74) is 6.73. The molecule has 2 aliphatic heterocycles. The van der Waals surface area contributed by atoms with E-state index in [1.807, 2.05) is 35.2 Å². The van der Waals surface area contributed by atoms with Crippen LogP contribution in [0.25, 0.3) is 11.3 Å². The lowest BCUT2D eigenvalue weighted by atomic mass is 9.95. The number of aromatic nitrogens is 2. The number of carbonyl (C=O) groups is 1. The molecule has 1 N–H and O–H groups in total. The van der Waals surface area contributed by atoms with Crippen LogP contribution in [0.5, 0.6) is 0 Å². The van der Waals surface area contributed by atoms with Crippen molar-refractivity contribution in [3.05, 3.63) is 105 Å². The van der Waals surface area contributed by atoms with E-state index in [0.29, 0.717) is 18.1 Å². The molecule has 0 radical (unpaired) electrons. The number of piperazine rings is 1. The SMILES string of the molecule is CN1CCN(C(=O)c2ccc(Nc3ncc4c(n3)-c3ccc(I)cc3C(c3ccc(F)cc3)=NC4)cc2)CC1. The van der Waals surface area contributed by atoms with Crippen LogP contribution in [0.15, 0.2) is 77.9 Å². The molecule has 4 aromatic rings. The number of amides is 1. The molecular formula is C30H26FIN6O. The number of likely N-dealkylation sites (N-methyl/N-ethyl adjacent to an activating group) is 1. The largest absolute Gasteiger partial charge is 0.336 e. The molecule has 1 fully saturated rings. The second kappa shape index (κ2) is 10.8. The smallest absolute Gasteiger partial charge is 0.253 e. The third kappa shape index (κ3) is 5.41. The third-order valence-electron chi connectivity index (χ3n) is 7.06. The van der Waals surface area contributed by atoms with Gasteiger partial charge in [0.1, 0.15) is 5.82 Å². The summed E-state index contributed by atoms with van der Waals surface area (Å²) in [5, 5.41) is 3.28. The van der Waals surface area contributed by atoms with Crippen molar-refractivity contribution in [1.29, 1.82) is 0 Å². The maximum atomic E-state index is 13.6. The average Bonchev–Trinajstić information content (AvgIpc) is 3.10. The summed E-state index contributed by atoms with van der Waals surface area (Å²) in [6, 6.07) is 20.0. The molecule has 3 heterocycles. The van der Waals surface area contributed by atoms with Crippen molar-refractivity contribution >= 4 is 45.8 Å². The van der Waals surface area contributed by atoms with E-state index in [9.17, 15) is 9.18 Å². The monoisotopic (exact) mass is 632 g/mol. The van der Waals surface area contributed by atoms with Gasteiger partial charge in [-0.2, -0.15) is 0 Å². The van der Waals surface area contributed by atoms with E-state index in [1.165, 1.54) is 12.1 Å². The first-order valence-corrected chi connectivity index (χ1v) is 13.8. The second-order valence-corrected chi connectivity index (χ2v) is 11.0. The van der Waals surface area contributed by atoms with Crippen molar-refractivity contribution in [1.82, 2.24) is 19.8 Å². The highest BCUT2D eigenvalue weighted by atomic mass is 127. The summed E-state index contributed by atoms with van der Waals surface area (Å²) in [5.74, 6) is 0.234. The van der Waals surface area contributed by atoms with E-state index in [-0.39, 0.29) is 11.7 Å². The highest BCUT2D eigenvalue weighted by molar-refractivity contribution is 14.1. The van der Waals surface area contributed by atoms with Crippen LogP contribution in [-0.4, -0.2) is 64.6 Å². The summed E-state index contributed by atoms with van der Waals surface area (Å²) in [7, 11) is 2.07. The second-order valence-electron chi connectivity index (χ2n) is 9.73. The minimum atomic E-state index is -0.280. The molecule has 9 heteroatoms. The van der Waals surface area contributed by atoms with E-state index >= 15 is 0 Å². The van der Waals surface area contributed by atoms with E-state index in [2.05, 4.69) is 57.0 Å². The van der Waals surface area contributed by atoms with Crippen LogP contribution in [-0.2, 0) is 6.54 Å². The van der Waals surface area contributed by atoms with Crippen LogP contribution in [0.1, 0.15) is 27.0 Å². The van der Waals surface area contributed by atoms with Gasteiger partial charge < -0.3 is 15.1 Å². The molecule has 0 aliphatic carbocycles. The molecule has 7 nitrogen and oxygen atoms in total. The summed E-state index contributed by atoms with van der Waals surface area (Å²) in [4.78, 5) is 31.3. The fourth-order valence-corrected chi connectivity index (χ4v) is 5.35. The zero-order valence-corrected chi connectivity index (χ0v) is 23.5.